The van der Waals surface area contributed by atoms with Gasteiger partial charge in [-0.1, -0.05) is 6.92 Å². The van der Waals surface area contributed by atoms with Gasteiger partial charge in [0.1, 0.15) is 5.75 Å². The average Bonchev–Trinajstić information content (AvgIpc) is 2.83. The number of anilines is 2. The maximum atomic E-state index is 6.03. The van der Waals surface area contributed by atoms with E-state index >= 15 is 0 Å². The van der Waals surface area contributed by atoms with Crippen molar-refractivity contribution in [3.63, 3.8) is 0 Å². The Hall–Kier alpha value is -1.42. The van der Waals surface area contributed by atoms with Crippen molar-refractivity contribution < 1.29 is 4.74 Å². The van der Waals surface area contributed by atoms with E-state index < -0.39 is 0 Å². The highest BCUT2D eigenvalue weighted by Gasteiger charge is 2.25. The van der Waals surface area contributed by atoms with E-state index in [1.807, 2.05) is 6.07 Å². The molecular formula is C16H27N3O. The predicted molar refractivity (Wildman–Crippen MR) is 85.6 cm³/mol. The van der Waals surface area contributed by atoms with Crippen LogP contribution in [0, 0.1) is 0 Å². The van der Waals surface area contributed by atoms with Crippen molar-refractivity contribution in [2.24, 2.45) is 0 Å². The first-order valence-electron chi connectivity index (χ1n) is 7.55. The normalized spacial score (nSPS) is 18.8. The molecular weight excluding hydrogens is 250 g/mol. The molecule has 4 heteroatoms. The third-order valence-corrected chi connectivity index (χ3v) is 3.67. The number of benzene rings is 1. The highest BCUT2D eigenvalue weighted by atomic mass is 16.5. The van der Waals surface area contributed by atoms with E-state index in [2.05, 4.69) is 43.0 Å². The fraction of sp³-hybridized carbons (Fsp3) is 0.625. The van der Waals surface area contributed by atoms with E-state index in [1.54, 1.807) is 0 Å². The van der Waals surface area contributed by atoms with Crippen molar-refractivity contribution in [1.82, 2.24) is 4.90 Å². The number of nitrogen functional groups attached to an aromatic ring is 1. The Morgan fingerprint density at radius 1 is 1.35 bits per heavy atom. The molecule has 0 saturated carbocycles. The van der Waals surface area contributed by atoms with Crippen molar-refractivity contribution in [2.75, 3.05) is 44.4 Å². The molecule has 0 aliphatic carbocycles. The zero-order valence-electron chi connectivity index (χ0n) is 12.9. The lowest BCUT2D eigenvalue weighted by Crippen LogP contribution is -2.37. The number of hydrogen-bond acceptors (Lipinski definition) is 4. The zero-order chi connectivity index (χ0) is 14.5. The molecule has 1 unspecified atom stereocenters. The number of hydrogen-bond donors (Lipinski definition) is 1. The Kier molecular flexibility index (Phi) is 5.12. The lowest BCUT2D eigenvalue weighted by molar-refractivity contribution is 0.317. The van der Waals surface area contributed by atoms with E-state index in [4.69, 9.17) is 10.5 Å². The van der Waals surface area contributed by atoms with Crippen LogP contribution >= 0.6 is 0 Å². The molecule has 1 aliphatic rings. The standard InChI is InChI=1S/C16H27N3O/c1-4-8-20-16-10-13(17)9-15(11-16)19-7-5-6-14(19)12-18(2)3/h9-11,14H,4-8,12,17H2,1-3H3. The molecule has 1 saturated heterocycles. The molecule has 1 aromatic rings. The average molecular weight is 277 g/mol. The van der Waals surface area contributed by atoms with Crippen LogP contribution in [0.25, 0.3) is 0 Å². The molecule has 0 bridgehead atoms. The number of nitrogens with zero attached hydrogens (tertiary/aromatic N) is 2. The third kappa shape index (κ3) is 3.79. The van der Waals surface area contributed by atoms with E-state index in [0.717, 1.165) is 37.6 Å². The summed E-state index contributed by atoms with van der Waals surface area (Å²) in [6, 6.07) is 6.68. The fourth-order valence-electron chi connectivity index (χ4n) is 2.86. The van der Waals surface area contributed by atoms with Crippen LogP contribution in [-0.4, -0.2) is 44.7 Å². The molecule has 20 heavy (non-hydrogen) atoms. The minimum Gasteiger partial charge on any atom is -0.493 e. The SMILES string of the molecule is CCCOc1cc(N)cc(N2CCCC2CN(C)C)c1. The molecule has 1 atom stereocenters. The monoisotopic (exact) mass is 277 g/mol. The van der Waals surface area contributed by atoms with Crippen molar-refractivity contribution in [2.45, 2.75) is 32.2 Å². The maximum absolute atomic E-state index is 6.03. The number of rotatable bonds is 6. The fourth-order valence-corrected chi connectivity index (χ4v) is 2.86. The van der Waals surface area contributed by atoms with E-state index in [1.165, 1.54) is 18.5 Å². The summed E-state index contributed by atoms with van der Waals surface area (Å²) in [7, 11) is 4.26. The summed E-state index contributed by atoms with van der Waals surface area (Å²) in [6.07, 6.45) is 3.51. The summed E-state index contributed by atoms with van der Waals surface area (Å²) < 4.78 is 5.74. The van der Waals surface area contributed by atoms with E-state index in [0.29, 0.717) is 6.04 Å². The van der Waals surface area contributed by atoms with E-state index in [-0.39, 0.29) is 0 Å². The Morgan fingerprint density at radius 3 is 2.85 bits per heavy atom. The van der Waals surface area contributed by atoms with Crippen LogP contribution in [0.5, 0.6) is 5.75 Å². The van der Waals surface area contributed by atoms with Crippen LogP contribution < -0.4 is 15.4 Å². The Bertz CT molecular complexity index is 434. The van der Waals surface area contributed by atoms with Gasteiger partial charge in [-0.3, -0.25) is 0 Å². The van der Waals surface area contributed by atoms with Crippen LogP contribution in [0.2, 0.25) is 0 Å². The smallest absolute Gasteiger partial charge is 0.123 e. The first-order valence-corrected chi connectivity index (χ1v) is 7.55. The summed E-state index contributed by atoms with van der Waals surface area (Å²) in [5, 5.41) is 0. The molecule has 112 valence electrons. The quantitative estimate of drug-likeness (QED) is 0.812. The molecule has 0 spiro atoms. The Balaban J connectivity index is 2.15. The lowest BCUT2D eigenvalue weighted by Gasteiger charge is -2.29. The van der Waals surface area contributed by atoms with Gasteiger partial charge in [-0.2, -0.15) is 0 Å². The molecule has 2 rings (SSSR count). The number of likely N-dealkylation sites (N-methyl/N-ethyl adjacent to an activating group) is 1. The van der Waals surface area contributed by atoms with E-state index in [9.17, 15) is 0 Å². The van der Waals surface area contributed by atoms with Crippen molar-refractivity contribution in [3.05, 3.63) is 18.2 Å². The van der Waals surface area contributed by atoms with Crippen molar-refractivity contribution >= 4 is 11.4 Å². The maximum Gasteiger partial charge on any atom is 0.123 e. The Morgan fingerprint density at radius 2 is 2.15 bits per heavy atom. The first-order chi connectivity index (χ1) is 9.60. The van der Waals surface area contributed by atoms with Gasteiger partial charge < -0.3 is 20.3 Å². The van der Waals surface area contributed by atoms with Gasteiger partial charge in [0.05, 0.1) is 6.61 Å². The Labute approximate surface area is 122 Å². The van der Waals surface area contributed by atoms with Crippen LogP contribution in [0.1, 0.15) is 26.2 Å². The van der Waals surface area contributed by atoms with Gasteiger partial charge in [-0.15, -0.1) is 0 Å². The molecule has 0 radical (unpaired) electrons. The minimum atomic E-state index is 0.575. The largest absolute Gasteiger partial charge is 0.493 e. The molecule has 1 fully saturated rings. The lowest BCUT2D eigenvalue weighted by atomic mass is 10.2. The highest BCUT2D eigenvalue weighted by Crippen LogP contribution is 2.31. The van der Waals surface area contributed by atoms with Gasteiger partial charge in [0.25, 0.3) is 0 Å². The van der Waals surface area contributed by atoms with Gasteiger partial charge >= 0.3 is 0 Å². The highest BCUT2D eigenvalue weighted by molar-refractivity contribution is 5.61. The summed E-state index contributed by atoms with van der Waals surface area (Å²) in [4.78, 5) is 4.72. The van der Waals surface area contributed by atoms with Crippen LogP contribution in [0.4, 0.5) is 11.4 Å². The molecule has 1 aromatic carbocycles. The first kappa shape index (κ1) is 15.0. The van der Waals surface area contributed by atoms with Gasteiger partial charge in [-0.25, -0.2) is 0 Å². The predicted octanol–water partition coefficient (Wildman–Crippen LogP) is 2.59. The molecule has 1 aliphatic heterocycles. The van der Waals surface area contributed by atoms with Gasteiger partial charge in [0.2, 0.25) is 0 Å². The summed E-state index contributed by atoms with van der Waals surface area (Å²) in [6.45, 7) is 5.04. The summed E-state index contributed by atoms with van der Waals surface area (Å²) in [5.41, 5.74) is 8.00. The second-order valence-electron chi connectivity index (χ2n) is 5.86. The molecule has 0 aromatic heterocycles. The second-order valence-corrected chi connectivity index (χ2v) is 5.86. The zero-order valence-corrected chi connectivity index (χ0v) is 12.9. The summed E-state index contributed by atoms with van der Waals surface area (Å²) >= 11 is 0. The topological polar surface area (TPSA) is 41.7 Å². The number of ether oxygens (including phenoxy) is 1. The van der Waals surface area contributed by atoms with Crippen LogP contribution in [0.15, 0.2) is 18.2 Å². The molecule has 1 heterocycles. The van der Waals surface area contributed by atoms with Crippen molar-refractivity contribution in [1.29, 1.82) is 0 Å². The minimum absolute atomic E-state index is 0.575. The third-order valence-electron chi connectivity index (χ3n) is 3.67. The van der Waals surface area contributed by atoms with Gasteiger partial charge in [-0.05, 0) is 39.4 Å². The van der Waals surface area contributed by atoms with Crippen molar-refractivity contribution in [3.8, 4) is 5.75 Å². The molecule has 4 nitrogen and oxygen atoms in total. The molecule has 2 N–H and O–H groups in total. The molecule has 0 amide bonds. The van der Waals surface area contributed by atoms with Gasteiger partial charge in [0, 0.05) is 42.6 Å². The number of nitrogens with two attached hydrogens (primary N) is 1. The summed E-state index contributed by atoms with van der Waals surface area (Å²) in [5.74, 6) is 0.886. The van der Waals surface area contributed by atoms with Crippen LogP contribution in [0.3, 0.4) is 0 Å². The van der Waals surface area contributed by atoms with Crippen LogP contribution in [-0.2, 0) is 0 Å². The van der Waals surface area contributed by atoms with Gasteiger partial charge in [0.15, 0.2) is 0 Å². The second kappa shape index (κ2) is 6.84.